The third-order valence-electron chi connectivity index (χ3n) is 4.58. The number of imidazole rings is 1. The molecule has 1 saturated heterocycles. The topological polar surface area (TPSA) is 46.6 Å². The molecule has 2 aromatic heterocycles. The highest BCUT2D eigenvalue weighted by molar-refractivity contribution is 7.15. The second kappa shape index (κ2) is 6.36. The number of thiazole rings is 1. The minimum Gasteiger partial charge on any atom is -0.355 e. The molecule has 0 amide bonds. The van der Waals surface area contributed by atoms with Crippen molar-refractivity contribution in [3.63, 3.8) is 0 Å². The zero-order chi connectivity index (χ0) is 14.8. The lowest BCUT2D eigenvalue weighted by Gasteiger charge is -2.22. The first-order valence-corrected chi connectivity index (χ1v) is 9.02. The van der Waals surface area contributed by atoms with Gasteiger partial charge < -0.3 is 10.6 Å². The van der Waals surface area contributed by atoms with Crippen LogP contribution in [0.3, 0.4) is 0 Å². The van der Waals surface area contributed by atoms with Crippen LogP contribution in [0.4, 0.5) is 5.82 Å². The molecule has 2 unspecified atom stereocenters. The summed E-state index contributed by atoms with van der Waals surface area (Å²) in [5.41, 5.74) is 7.35. The molecule has 2 atom stereocenters. The first-order chi connectivity index (χ1) is 10.2. The molecule has 5 heteroatoms. The van der Waals surface area contributed by atoms with Crippen molar-refractivity contribution in [2.75, 3.05) is 18.0 Å². The van der Waals surface area contributed by atoms with Crippen molar-refractivity contribution in [3.05, 3.63) is 17.3 Å². The first-order valence-electron chi connectivity index (χ1n) is 8.14. The van der Waals surface area contributed by atoms with E-state index in [9.17, 15) is 0 Å². The summed E-state index contributed by atoms with van der Waals surface area (Å²) in [5, 5.41) is 2.10. The fourth-order valence-electron chi connectivity index (χ4n) is 3.35. The van der Waals surface area contributed by atoms with Crippen molar-refractivity contribution >= 4 is 22.1 Å². The molecule has 1 fully saturated rings. The Balaban J connectivity index is 1.89. The van der Waals surface area contributed by atoms with E-state index >= 15 is 0 Å². The van der Waals surface area contributed by atoms with Crippen LogP contribution in [-0.2, 0) is 6.42 Å². The van der Waals surface area contributed by atoms with Crippen molar-refractivity contribution in [2.45, 2.75) is 52.0 Å². The lowest BCUT2D eigenvalue weighted by Crippen LogP contribution is -2.27. The van der Waals surface area contributed by atoms with E-state index in [1.165, 1.54) is 37.2 Å². The molecule has 0 aromatic carbocycles. The highest BCUT2D eigenvalue weighted by Gasteiger charge is 2.22. The summed E-state index contributed by atoms with van der Waals surface area (Å²) in [6.07, 6.45) is 8.25. The van der Waals surface area contributed by atoms with E-state index in [4.69, 9.17) is 10.7 Å². The number of hydrogen-bond acceptors (Lipinski definition) is 4. The molecule has 0 saturated carbocycles. The highest BCUT2D eigenvalue weighted by atomic mass is 32.1. The molecule has 3 rings (SSSR count). The largest absolute Gasteiger partial charge is 0.355 e. The van der Waals surface area contributed by atoms with Gasteiger partial charge in [-0.3, -0.25) is 4.40 Å². The van der Waals surface area contributed by atoms with Crippen molar-refractivity contribution in [1.82, 2.24) is 9.38 Å². The Kier molecular flexibility index (Phi) is 4.50. The van der Waals surface area contributed by atoms with Crippen LogP contribution < -0.4 is 10.6 Å². The van der Waals surface area contributed by atoms with Gasteiger partial charge in [0.15, 0.2) is 10.8 Å². The average molecular weight is 306 g/mol. The van der Waals surface area contributed by atoms with E-state index in [1.54, 1.807) is 11.3 Å². The second-order valence-corrected chi connectivity index (χ2v) is 7.18. The SMILES string of the molecule is CCC1CCCN(c2nc3sccn3c2CC(C)N)CC1. The smallest absolute Gasteiger partial charge is 0.195 e. The molecular formula is C16H26N4S. The van der Waals surface area contributed by atoms with Gasteiger partial charge in [0.25, 0.3) is 0 Å². The van der Waals surface area contributed by atoms with Crippen LogP contribution in [0.1, 0.15) is 45.2 Å². The minimum atomic E-state index is 0.166. The lowest BCUT2D eigenvalue weighted by atomic mass is 9.98. The molecule has 0 radical (unpaired) electrons. The van der Waals surface area contributed by atoms with Gasteiger partial charge >= 0.3 is 0 Å². The second-order valence-electron chi connectivity index (χ2n) is 6.31. The molecule has 2 aromatic rings. The van der Waals surface area contributed by atoms with Crippen molar-refractivity contribution < 1.29 is 0 Å². The van der Waals surface area contributed by atoms with E-state index in [-0.39, 0.29) is 6.04 Å². The third kappa shape index (κ3) is 3.09. The number of rotatable bonds is 4. The Labute approximate surface area is 131 Å². The molecule has 0 aliphatic carbocycles. The molecular weight excluding hydrogens is 280 g/mol. The highest BCUT2D eigenvalue weighted by Crippen LogP contribution is 2.29. The van der Waals surface area contributed by atoms with Gasteiger partial charge in [-0.15, -0.1) is 11.3 Å². The van der Waals surface area contributed by atoms with Crippen LogP contribution >= 0.6 is 11.3 Å². The van der Waals surface area contributed by atoms with Crippen LogP contribution in [0.25, 0.3) is 4.96 Å². The number of hydrogen-bond donors (Lipinski definition) is 1. The van der Waals surface area contributed by atoms with Crippen LogP contribution in [0.15, 0.2) is 11.6 Å². The summed E-state index contributed by atoms with van der Waals surface area (Å²) in [5.74, 6) is 2.06. The van der Waals surface area contributed by atoms with E-state index < -0.39 is 0 Å². The Bertz CT molecular complexity index is 586. The molecule has 0 spiro atoms. The van der Waals surface area contributed by atoms with Gasteiger partial charge in [-0.2, -0.15) is 0 Å². The molecule has 3 heterocycles. The predicted molar refractivity (Wildman–Crippen MR) is 90.3 cm³/mol. The van der Waals surface area contributed by atoms with Gasteiger partial charge in [-0.05, 0) is 32.1 Å². The Morgan fingerprint density at radius 2 is 2.29 bits per heavy atom. The van der Waals surface area contributed by atoms with E-state index in [0.29, 0.717) is 0 Å². The van der Waals surface area contributed by atoms with Gasteiger partial charge in [-0.1, -0.05) is 13.3 Å². The molecule has 116 valence electrons. The molecule has 1 aliphatic heterocycles. The van der Waals surface area contributed by atoms with Crippen molar-refractivity contribution in [1.29, 1.82) is 0 Å². The van der Waals surface area contributed by atoms with Gasteiger partial charge in [0.05, 0.1) is 5.69 Å². The van der Waals surface area contributed by atoms with Gasteiger partial charge in [0, 0.05) is 37.1 Å². The van der Waals surface area contributed by atoms with E-state index in [1.807, 2.05) is 0 Å². The van der Waals surface area contributed by atoms with Crippen molar-refractivity contribution in [2.24, 2.45) is 11.7 Å². The maximum atomic E-state index is 6.06. The molecule has 1 aliphatic rings. The van der Waals surface area contributed by atoms with Gasteiger partial charge in [-0.25, -0.2) is 4.98 Å². The molecule has 0 bridgehead atoms. The normalized spacial score (nSPS) is 21.7. The summed E-state index contributed by atoms with van der Waals surface area (Å²) in [6.45, 7) is 6.65. The monoisotopic (exact) mass is 306 g/mol. The van der Waals surface area contributed by atoms with Crippen LogP contribution in [0.2, 0.25) is 0 Å². The summed E-state index contributed by atoms with van der Waals surface area (Å²) in [7, 11) is 0. The number of aromatic nitrogens is 2. The summed E-state index contributed by atoms with van der Waals surface area (Å²) >= 11 is 1.71. The predicted octanol–water partition coefficient (Wildman–Crippen LogP) is 3.30. The van der Waals surface area contributed by atoms with E-state index in [0.717, 1.165) is 30.4 Å². The number of fused-ring (bicyclic) bond motifs is 1. The maximum absolute atomic E-state index is 6.06. The molecule has 4 nitrogen and oxygen atoms in total. The third-order valence-corrected chi connectivity index (χ3v) is 5.34. The van der Waals surface area contributed by atoms with Gasteiger partial charge in [0.2, 0.25) is 0 Å². The zero-order valence-corrected chi connectivity index (χ0v) is 13.9. The van der Waals surface area contributed by atoms with Crippen LogP contribution in [0, 0.1) is 5.92 Å². The first kappa shape index (κ1) is 14.9. The Morgan fingerprint density at radius 3 is 3.05 bits per heavy atom. The summed E-state index contributed by atoms with van der Waals surface area (Å²) in [4.78, 5) is 8.48. The van der Waals surface area contributed by atoms with Crippen LogP contribution in [-0.4, -0.2) is 28.5 Å². The minimum absolute atomic E-state index is 0.166. The van der Waals surface area contributed by atoms with Gasteiger partial charge in [0.1, 0.15) is 0 Å². The number of nitrogens with zero attached hydrogens (tertiary/aromatic N) is 3. The Hall–Kier alpha value is -1.07. The summed E-state index contributed by atoms with van der Waals surface area (Å²) in [6, 6.07) is 0.166. The molecule has 2 N–H and O–H groups in total. The fraction of sp³-hybridized carbons (Fsp3) is 0.688. The average Bonchev–Trinajstić information content (AvgIpc) is 2.94. The summed E-state index contributed by atoms with van der Waals surface area (Å²) < 4.78 is 2.23. The fourth-order valence-corrected chi connectivity index (χ4v) is 4.08. The van der Waals surface area contributed by atoms with E-state index in [2.05, 4.69) is 34.7 Å². The zero-order valence-electron chi connectivity index (χ0n) is 13.1. The quantitative estimate of drug-likeness (QED) is 0.942. The maximum Gasteiger partial charge on any atom is 0.195 e. The lowest BCUT2D eigenvalue weighted by molar-refractivity contribution is 0.459. The van der Waals surface area contributed by atoms with Crippen LogP contribution in [0.5, 0.6) is 0 Å². The molecule has 21 heavy (non-hydrogen) atoms. The Morgan fingerprint density at radius 1 is 1.43 bits per heavy atom. The number of nitrogens with two attached hydrogens (primary N) is 1. The standard InChI is InChI=1S/C16H26N4S/c1-3-13-5-4-7-19(8-6-13)15-14(11-12(2)17)20-9-10-21-16(20)18-15/h9-10,12-13H,3-8,11,17H2,1-2H3. The number of anilines is 1. The van der Waals surface area contributed by atoms with Crippen molar-refractivity contribution in [3.8, 4) is 0 Å².